The van der Waals surface area contributed by atoms with Crippen molar-refractivity contribution in [1.82, 2.24) is 0 Å². The van der Waals surface area contributed by atoms with E-state index in [2.05, 4.69) is 31.9 Å². The molecule has 0 fully saturated rings. The number of halogens is 2. The Morgan fingerprint density at radius 2 is 1.80 bits per heavy atom. The highest BCUT2D eigenvalue weighted by molar-refractivity contribution is 9.11. The van der Waals surface area contributed by atoms with Gasteiger partial charge < -0.3 is 14.6 Å². The summed E-state index contributed by atoms with van der Waals surface area (Å²) in [5.41, 5.74) is 0. The van der Waals surface area contributed by atoms with Crippen LogP contribution in [0.3, 0.4) is 0 Å². The van der Waals surface area contributed by atoms with Gasteiger partial charge in [-0.05, 0) is 50.9 Å². The van der Waals surface area contributed by atoms with E-state index in [9.17, 15) is 0 Å². The molecule has 3 nitrogen and oxygen atoms in total. The van der Waals surface area contributed by atoms with E-state index < -0.39 is 6.10 Å². The maximum atomic E-state index is 9.10. The van der Waals surface area contributed by atoms with Gasteiger partial charge in [-0.15, -0.1) is 0 Å². The van der Waals surface area contributed by atoms with Crippen molar-refractivity contribution in [2.75, 3.05) is 13.7 Å². The molecule has 0 aliphatic rings. The fourth-order valence-electron chi connectivity index (χ4n) is 0.988. The Morgan fingerprint density at radius 3 is 2.33 bits per heavy atom. The van der Waals surface area contributed by atoms with Crippen molar-refractivity contribution in [1.29, 1.82) is 0 Å². The van der Waals surface area contributed by atoms with Gasteiger partial charge in [0.05, 0.1) is 22.2 Å². The highest BCUT2D eigenvalue weighted by Crippen LogP contribution is 2.35. The first-order valence-corrected chi connectivity index (χ1v) is 5.97. The van der Waals surface area contributed by atoms with Crippen LogP contribution in [-0.4, -0.2) is 24.9 Å². The van der Waals surface area contributed by atoms with Gasteiger partial charge in [0.1, 0.15) is 18.1 Å². The molecule has 0 unspecified atom stereocenters. The van der Waals surface area contributed by atoms with Gasteiger partial charge >= 0.3 is 0 Å². The molecule has 15 heavy (non-hydrogen) atoms. The van der Waals surface area contributed by atoms with Crippen molar-refractivity contribution >= 4 is 31.9 Å². The van der Waals surface area contributed by atoms with Crippen molar-refractivity contribution in [3.05, 3.63) is 21.1 Å². The number of hydrogen-bond donors (Lipinski definition) is 1. The number of benzene rings is 1. The minimum absolute atomic E-state index is 0.261. The van der Waals surface area contributed by atoms with Crippen LogP contribution in [0, 0.1) is 0 Å². The van der Waals surface area contributed by atoms with Gasteiger partial charge in [-0.2, -0.15) is 0 Å². The van der Waals surface area contributed by atoms with Crippen LogP contribution in [0.4, 0.5) is 0 Å². The highest BCUT2D eigenvalue weighted by atomic mass is 79.9. The number of rotatable bonds is 4. The molecule has 1 aromatic rings. The van der Waals surface area contributed by atoms with Crippen LogP contribution >= 0.6 is 31.9 Å². The molecule has 0 radical (unpaired) electrons. The fourth-order valence-corrected chi connectivity index (χ4v) is 1.91. The van der Waals surface area contributed by atoms with Gasteiger partial charge in [-0.3, -0.25) is 0 Å². The largest absolute Gasteiger partial charge is 0.496 e. The van der Waals surface area contributed by atoms with Crippen LogP contribution in [0.5, 0.6) is 11.5 Å². The van der Waals surface area contributed by atoms with Crippen molar-refractivity contribution in [2.45, 2.75) is 13.0 Å². The molecule has 5 heteroatoms. The molecule has 1 atom stereocenters. The second-order valence-corrected chi connectivity index (χ2v) is 4.79. The first-order valence-electron chi connectivity index (χ1n) is 4.38. The third-order valence-corrected chi connectivity index (χ3v) is 2.93. The molecule has 0 amide bonds. The van der Waals surface area contributed by atoms with Crippen LogP contribution in [0.1, 0.15) is 6.92 Å². The summed E-state index contributed by atoms with van der Waals surface area (Å²) in [4.78, 5) is 0. The lowest BCUT2D eigenvalue weighted by Gasteiger charge is -2.12. The van der Waals surface area contributed by atoms with E-state index in [0.29, 0.717) is 5.75 Å². The summed E-state index contributed by atoms with van der Waals surface area (Å²) in [6.45, 7) is 1.93. The molecule has 1 aromatic carbocycles. The molecule has 0 aliphatic heterocycles. The molecular weight excluding hydrogens is 328 g/mol. The van der Waals surface area contributed by atoms with E-state index in [1.54, 1.807) is 20.1 Å². The molecule has 0 spiro atoms. The van der Waals surface area contributed by atoms with Gasteiger partial charge in [0.25, 0.3) is 0 Å². The Kier molecular flexibility index (Phi) is 4.89. The van der Waals surface area contributed by atoms with E-state index in [-0.39, 0.29) is 6.61 Å². The predicted octanol–water partition coefficient (Wildman–Crippen LogP) is 2.98. The molecular formula is C10H12Br2O3. The Balaban J connectivity index is 2.85. The zero-order valence-corrected chi connectivity index (χ0v) is 11.6. The van der Waals surface area contributed by atoms with Crippen LogP contribution < -0.4 is 9.47 Å². The second-order valence-electron chi connectivity index (χ2n) is 3.08. The molecule has 0 saturated carbocycles. The van der Waals surface area contributed by atoms with Crippen LogP contribution in [0.25, 0.3) is 0 Å². The third kappa shape index (κ3) is 3.66. The summed E-state index contributed by atoms with van der Waals surface area (Å²) in [7, 11) is 1.60. The lowest BCUT2D eigenvalue weighted by molar-refractivity contribution is 0.122. The number of aliphatic hydroxyl groups is 1. The average molecular weight is 340 g/mol. The first kappa shape index (κ1) is 12.8. The minimum atomic E-state index is -0.488. The summed E-state index contributed by atoms with van der Waals surface area (Å²) in [6, 6.07) is 3.60. The molecule has 0 aliphatic carbocycles. The molecule has 1 rings (SSSR count). The zero-order valence-electron chi connectivity index (χ0n) is 8.46. The number of aliphatic hydroxyl groups excluding tert-OH is 1. The Morgan fingerprint density at radius 1 is 1.27 bits per heavy atom. The summed E-state index contributed by atoms with van der Waals surface area (Å²) in [5.74, 6) is 1.40. The fraction of sp³-hybridized carbons (Fsp3) is 0.400. The van der Waals surface area contributed by atoms with Crippen molar-refractivity contribution in [3.63, 3.8) is 0 Å². The van der Waals surface area contributed by atoms with E-state index in [0.717, 1.165) is 14.7 Å². The molecule has 0 saturated heterocycles. The Hall–Kier alpha value is -0.260. The number of ether oxygens (including phenoxy) is 2. The van der Waals surface area contributed by atoms with Gasteiger partial charge in [0.2, 0.25) is 0 Å². The lowest BCUT2D eigenvalue weighted by atomic mass is 10.3. The van der Waals surface area contributed by atoms with Gasteiger partial charge in [0.15, 0.2) is 0 Å². The van der Waals surface area contributed by atoms with Crippen LogP contribution in [0.2, 0.25) is 0 Å². The number of hydrogen-bond acceptors (Lipinski definition) is 3. The van der Waals surface area contributed by atoms with Crippen molar-refractivity contribution in [3.8, 4) is 11.5 Å². The third-order valence-electron chi connectivity index (χ3n) is 1.69. The maximum Gasteiger partial charge on any atom is 0.135 e. The van der Waals surface area contributed by atoms with Crippen molar-refractivity contribution < 1.29 is 14.6 Å². The standard InChI is InChI=1S/C10H12Br2O3/c1-6(13)5-15-10-4-7(11)9(14-2)3-8(10)12/h3-4,6,13H,5H2,1-2H3/t6-/m1/s1. The van der Waals surface area contributed by atoms with Gasteiger partial charge in [-0.1, -0.05) is 0 Å². The quantitative estimate of drug-likeness (QED) is 0.916. The van der Waals surface area contributed by atoms with Crippen LogP contribution in [-0.2, 0) is 0 Å². The number of methoxy groups -OCH3 is 1. The minimum Gasteiger partial charge on any atom is -0.496 e. The Bertz CT molecular complexity index is 340. The van der Waals surface area contributed by atoms with Gasteiger partial charge in [-0.25, -0.2) is 0 Å². The van der Waals surface area contributed by atoms with E-state index in [1.807, 2.05) is 6.07 Å². The van der Waals surface area contributed by atoms with Gasteiger partial charge in [0, 0.05) is 0 Å². The molecule has 0 aromatic heterocycles. The highest BCUT2D eigenvalue weighted by Gasteiger charge is 2.08. The summed E-state index contributed by atoms with van der Waals surface area (Å²) < 4.78 is 12.1. The van der Waals surface area contributed by atoms with Crippen LogP contribution in [0.15, 0.2) is 21.1 Å². The molecule has 0 heterocycles. The predicted molar refractivity (Wildman–Crippen MR) is 65.6 cm³/mol. The average Bonchev–Trinajstić information content (AvgIpc) is 2.18. The Labute approximate surface area is 106 Å². The normalized spacial score (nSPS) is 12.3. The smallest absolute Gasteiger partial charge is 0.135 e. The summed E-state index contributed by atoms with van der Waals surface area (Å²) in [5, 5.41) is 9.10. The molecule has 84 valence electrons. The summed E-state index contributed by atoms with van der Waals surface area (Å²) in [6.07, 6.45) is -0.488. The lowest BCUT2D eigenvalue weighted by Crippen LogP contribution is -2.13. The molecule has 0 bridgehead atoms. The van der Waals surface area contributed by atoms with E-state index in [1.165, 1.54) is 0 Å². The topological polar surface area (TPSA) is 38.7 Å². The van der Waals surface area contributed by atoms with E-state index in [4.69, 9.17) is 14.6 Å². The SMILES string of the molecule is COc1cc(Br)c(OC[C@@H](C)O)cc1Br. The zero-order chi connectivity index (χ0) is 11.4. The first-order chi connectivity index (χ1) is 7.04. The monoisotopic (exact) mass is 338 g/mol. The van der Waals surface area contributed by atoms with E-state index >= 15 is 0 Å². The van der Waals surface area contributed by atoms with Crippen molar-refractivity contribution in [2.24, 2.45) is 0 Å². The summed E-state index contributed by atoms with van der Waals surface area (Å²) >= 11 is 6.72. The molecule has 1 N–H and O–H groups in total. The maximum absolute atomic E-state index is 9.10. The second kappa shape index (κ2) is 5.72.